The number of aromatic nitrogens is 1. The summed E-state index contributed by atoms with van der Waals surface area (Å²) >= 11 is 0. The van der Waals surface area contributed by atoms with Crippen molar-refractivity contribution in [2.75, 3.05) is 0 Å². The van der Waals surface area contributed by atoms with Crippen molar-refractivity contribution in [3.63, 3.8) is 0 Å². The number of carbonyl (C=O) groups is 3. The van der Waals surface area contributed by atoms with Gasteiger partial charge in [-0.1, -0.05) is 0 Å². The van der Waals surface area contributed by atoms with Crippen LogP contribution < -0.4 is 11.1 Å². The van der Waals surface area contributed by atoms with Crippen molar-refractivity contribution in [2.24, 2.45) is 5.73 Å². The van der Waals surface area contributed by atoms with Gasteiger partial charge in [0.25, 0.3) is 5.91 Å². The Morgan fingerprint density at radius 3 is 2.56 bits per heavy atom. The van der Waals surface area contributed by atoms with Gasteiger partial charge in [0.2, 0.25) is 5.91 Å². The molecule has 8 heteroatoms. The van der Waals surface area contributed by atoms with Crippen LogP contribution in [0.3, 0.4) is 0 Å². The van der Waals surface area contributed by atoms with Gasteiger partial charge >= 0.3 is 5.97 Å². The van der Waals surface area contributed by atoms with Gasteiger partial charge in [0.15, 0.2) is 0 Å². The van der Waals surface area contributed by atoms with Gasteiger partial charge in [0.05, 0.1) is 18.2 Å². The predicted octanol–water partition coefficient (Wildman–Crippen LogP) is -1.15. The molecular weight excluding hydrogens is 242 g/mol. The first-order valence-electron chi connectivity index (χ1n) is 4.86. The Morgan fingerprint density at radius 1 is 1.39 bits per heavy atom. The van der Waals surface area contributed by atoms with E-state index >= 15 is 0 Å². The highest BCUT2D eigenvalue weighted by Gasteiger charge is 2.22. The number of hydrogen-bond acceptors (Lipinski definition) is 5. The fraction of sp³-hybridized carbons (Fsp3) is 0.200. The first kappa shape index (κ1) is 13.4. The number of primary amides is 1. The van der Waals surface area contributed by atoms with E-state index in [1.807, 2.05) is 0 Å². The Labute approximate surface area is 101 Å². The molecule has 1 aromatic rings. The lowest BCUT2D eigenvalue weighted by Gasteiger charge is -2.12. The van der Waals surface area contributed by atoms with E-state index in [1.54, 1.807) is 0 Å². The molecule has 0 aliphatic heterocycles. The maximum absolute atomic E-state index is 11.6. The van der Waals surface area contributed by atoms with Crippen molar-refractivity contribution < 1.29 is 24.6 Å². The Morgan fingerprint density at radius 2 is 2.06 bits per heavy atom. The summed E-state index contributed by atoms with van der Waals surface area (Å²) in [4.78, 5) is 36.6. The first-order chi connectivity index (χ1) is 8.40. The highest BCUT2D eigenvalue weighted by molar-refractivity contribution is 5.97. The molecule has 0 radical (unpaired) electrons. The topological polar surface area (TPSA) is 143 Å². The minimum atomic E-state index is -1.42. The number of pyridine rings is 1. The van der Waals surface area contributed by atoms with Gasteiger partial charge in [-0.25, -0.2) is 4.79 Å². The molecule has 1 heterocycles. The van der Waals surface area contributed by atoms with Crippen LogP contribution in [0, 0.1) is 0 Å². The van der Waals surface area contributed by atoms with E-state index in [4.69, 9.17) is 15.9 Å². The van der Waals surface area contributed by atoms with Crippen LogP contribution in [0.25, 0.3) is 0 Å². The summed E-state index contributed by atoms with van der Waals surface area (Å²) in [6.45, 7) is 0. The highest BCUT2D eigenvalue weighted by atomic mass is 16.4. The summed E-state index contributed by atoms with van der Waals surface area (Å²) in [6.07, 6.45) is 1.75. The zero-order valence-corrected chi connectivity index (χ0v) is 9.16. The van der Waals surface area contributed by atoms with Gasteiger partial charge in [0.1, 0.15) is 11.8 Å². The van der Waals surface area contributed by atoms with Crippen molar-refractivity contribution in [3.8, 4) is 5.75 Å². The molecule has 96 valence electrons. The van der Waals surface area contributed by atoms with Gasteiger partial charge in [0, 0.05) is 6.20 Å². The summed E-state index contributed by atoms with van der Waals surface area (Å²) in [5.41, 5.74) is 4.84. The second kappa shape index (κ2) is 5.62. The molecule has 0 spiro atoms. The average Bonchev–Trinajstić information content (AvgIpc) is 2.27. The second-order valence-corrected chi connectivity index (χ2v) is 3.47. The molecule has 8 nitrogen and oxygen atoms in total. The Bertz CT molecular complexity index is 488. The van der Waals surface area contributed by atoms with Crippen molar-refractivity contribution in [1.82, 2.24) is 10.3 Å². The molecule has 0 aliphatic rings. The fourth-order valence-electron chi connectivity index (χ4n) is 1.19. The molecule has 0 saturated heterocycles. The number of amides is 2. The Kier molecular flexibility index (Phi) is 4.19. The predicted molar refractivity (Wildman–Crippen MR) is 58.6 cm³/mol. The van der Waals surface area contributed by atoms with Gasteiger partial charge in [-0.2, -0.15) is 0 Å². The number of hydrogen-bond donors (Lipinski definition) is 4. The van der Waals surface area contributed by atoms with E-state index < -0.39 is 30.2 Å². The van der Waals surface area contributed by atoms with E-state index in [1.165, 1.54) is 0 Å². The molecule has 0 aromatic carbocycles. The molecule has 1 unspecified atom stereocenters. The Hall–Kier alpha value is -2.64. The van der Waals surface area contributed by atoms with Crippen molar-refractivity contribution >= 4 is 17.8 Å². The molecular formula is C10H11N3O5. The number of aliphatic carboxylic acids is 1. The van der Waals surface area contributed by atoms with Crippen molar-refractivity contribution in [2.45, 2.75) is 12.5 Å². The quantitative estimate of drug-likeness (QED) is 0.521. The Balaban J connectivity index is 2.78. The molecule has 0 saturated carbocycles. The number of carbonyl (C=O) groups excluding carboxylic acids is 2. The zero-order chi connectivity index (χ0) is 13.7. The van der Waals surface area contributed by atoms with Crippen LogP contribution >= 0.6 is 0 Å². The summed E-state index contributed by atoms with van der Waals surface area (Å²) in [5, 5.41) is 20.0. The standard InChI is InChI=1S/C10H11N3O5/c11-8(15)2-7(10(17)18)13-9(16)5-1-6(14)4-12-3-5/h1,3-4,7,14H,2H2,(H2,11,15)(H,13,16)(H,17,18). The van der Waals surface area contributed by atoms with Crippen LogP contribution in [0.4, 0.5) is 0 Å². The normalized spacial score (nSPS) is 11.6. The maximum Gasteiger partial charge on any atom is 0.326 e. The van der Waals surface area contributed by atoms with Crippen LogP contribution in [0.2, 0.25) is 0 Å². The minimum Gasteiger partial charge on any atom is -0.506 e. The number of carboxylic acid groups (broad SMARTS) is 1. The molecule has 1 aromatic heterocycles. The van der Waals surface area contributed by atoms with Gasteiger partial charge in [-0.15, -0.1) is 0 Å². The van der Waals surface area contributed by atoms with E-state index in [-0.39, 0.29) is 11.3 Å². The zero-order valence-electron chi connectivity index (χ0n) is 9.16. The molecule has 0 bridgehead atoms. The monoisotopic (exact) mass is 253 g/mol. The minimum absolute atomic E-state index is 0.0225. The summed E-state index contributed by atoms with van der Waals surface area (Å²) < 4.78 is 0. The SMILES string of the molecule is NC(=O)CC(NC(=O)c1cncc(O)c1)C(=O)O. The van der Waals surface area contributed by atoms with Crippen LogP contribution in [0.15, 0.2) is 18.5 Å². The third-order valence-corrected chi connectivity index (χ3v) is 1.99. The maximum atomic E-state index is 11.6. The first-order valence-corrected chi connectivity index (χ1v) is 4.86. The number of nitrogens with two attached hydrogens (primary N) is 1. The van der Waals surface area contributed by atoms with Crippen molar-refractivity contribution in [1.29, 1.82) is 0 Å². The number of rotatable bonds is 5. The number of nitrogens with zero attached hydrogens (tertiary/aromatic N) is 1. The average molecular weight is 253 g/mol. The lowest BCUT2D eigenvalue weighted by Crippen LogP contribution is -2.43. The number of carboxylic acids is 1. The lowest BCUT2D eigenvalue weighted by atomic mass is 10.1. The molecule has 0 aliphatic carbocycles. The number of aromatic hydroxyl groups is 1. The van der Waals surface area contributed by atoms with Gasteiger partial charge < -0.3 is 21.3 Å². The highest BCUT2D eigenvalue weighted by Crippen LogP contribution is 2.08. The largest absolute Gasteiger partial charge is 0.506 e. The lowest BCUT2D eigenvalue weighted by molar-refractivity contribution is -0.140. The molecule has 0 fully saturated rings. The van der Waals surface area contributed by atoms with E-state index in [2.05, 4.69) is 10.3 Å². The van der Waals surface area contributed by atoms with Crippen LogP contribution in [-0.2, 0) is 9.59 Å². The van der Waals surface area contributed by atoms with Crippen LogP contribution in [0.1, 0.15) is 16.8 Å². The van der Waals surface area contributed by atoms with Crippen molar-refractivity contribution in [3.05, 3.63) is 24.0 Å². The molecule has 1 atom stereocenters. The second-order valence-electron chi connectivity index (χ2n) is 3.47. The van der Waals surface area contributed by atoms with Crippen LogP contribution in [0.5, 0.6) is 5.75 Å². The van der Waals surface area contributed by atoms with Gasteiger partial charge in [-0.05, 0) is 6.07 Å². The smallest absolute Gasteiger partial charge is 0.326 e. The third-order valence-electron chi connectivity index (χ3n) is 1.99. The van der Waals surface area contributed by atoms with E-state index in [0.29, 0.717) is 0 Å². The number of nitrogens with one attached hydrogen (secondary N) is 1. The van der Waals surface area contributed by atoms with Gasteiger partial charge in [-0.3, -0.25) is 14.6 Å². The molecule has 1 rings (SSSR count). The molecule has 2 amide bonds. The fourth-order valence-corrected chi connectivity index (χ4v) is 1.19. The van der Waals surface area contributed by atoms with E-state index in [9.17, 15) is 14.4 Å². The summed E-state index contributed by atoms with van der Waals surface area (Å²) in [5.74, 6) is -3.23. The summed E-state index contributed by atoms with van der Waals surface area (Å²) in [6, 6.07) is -0.303. The molecule has 18 heavy (non-hydrogen) atoms. The van der Waals surface area contributed by atoms with Crippen LogP contribution in [-0.4, -0.2) is 39.0 Å². The van der Waals surface area contributed by atoms with E-state index in [0.717, 1.165) is 18.5 Å². The molecule has 5 N–H and O–H groups in total. The third kappa shape index (κ3) is 3.74. The summed E-state index contributed by atoms with van der Waals surface area (Å²) in [7, 11) is 0.